The molecule has 0 unspecified atom stereocenters. The maximum Gasteiger partial charge on any atom is 0.129 e. The van der Waals surface area contributed by atoms with Crippen molar-refractivity contribution in [1.82, 2.24) is 15.2 Å². The van der Waals surface area contributed by atoms with E-state index in [-0.39, 0.29) is 0 Å². The second-order valence-electron chi connectivity index (χ2n) is 6.31. The summed E-state index contributed by atoms with van der Waals surface area (Å²) >= 11 is 9.28. The summed E-state index contributed by atoms with van der Waals surface area (Å²) in [6, 6.07) is 19.8. The summed E-state index contributed by atoms with van der Waals surface area (Å²) in [5.74, 6) is 1.61. The monoisotopic (exact) mass is 439 g/mol. The van der Waals surface area contributed by atoms with Crippen LogP contribution in [0.2, 0.25) is 5.02 Å². The molecule has 0 radical (unpaired) electrons. The van der Waals surface area contributed by atoms with Crippen LogP contribution in [0, 0.1) is 6.92 Å². The molecular formula is C22H18ClN3OS2. The van der Waals surface area contributed by atoms with Crippen LogP contribution in [0.25, 0.3) is 21.1 Å². The highest BCUT2D eigenvalue weighted by molar-refractivity contribution is 7.98. The van der Waals surface area contributed by atoms with Gasteiger partial charge in [0, 0.05) is 10.8 Å². The Kier molecular flexibility index (Phi) is 6.13. The van der Waals surface area contributed by atoms with Gasteiger partial charge in [-0.15, -0.1) is 21.5 Å². The fraction of sp³-hybridized carbons (Fsp3) is 0.136. The Morgan fingerprint density at radius 3 is 2.66 bits per heavy atom. The average Bonchev–Trinajstić information content (AvgIpc) is 3.14. The molecule has 4 aromatic rings. The molecule has 29 heavy (non-hydrogen) atoms. The van der Waals surface area contributed by atoms with Crippen LogP contribution in [0.4, 0.5) is 0 Å². The standard InChI is InChI=1S/C22H18ClN3OS2/c1-14-21(29-22(24-14)17-8-3-4-9-19(17)27-2)18-10-11-20(26-25-18)28-13-15-6-5-7-16(23)12-15/h3-12H,13H2,1-2H3. The molecule has 2 aromatic heterocycles. The molecule has 0 spiro atoms. The first-order valence-corrected chi connectivity index (χ1v) is 11.1. The van der Waals surface area contributed by atoms with Crippen LogP contribution in [0.15, 0.2) is 65.7 Å². The zero-order valence-corrected chi connectivity index (χ0v) is 18.3. The van der Waals surface area contributed by atoms with E-state index in [1.165, 1.54) is 0 Å². The summed E-state index contributed by atoms with van der Waals surface area (Å²) in [4.78, 5) is 5.74. The Hall–Kier alpha value is -2.41. The lowest BCUT2D eigenvalue weighted by Gasteiger charge is -2.04. The fourth-order valence-electron chi connectivity index (χ4n) is 2.87. The number of ether oxygens (including phenoxy) is 1. The van der Waals surface area contributed by atoms with Crippen molar-refractivity contribution in [3.05, 3.63) is 76.9 Å². The van der Waals surface area contributed by atoms with Crippen molar-refractivity contribution in [2.75, 3.05) is 7.11 Å². The number of hydrogen-bond donors (Lipinski definition) is 0. The van der Waals surface area contributed by atoms with Crippen LogP contribution < -0.4 is 4.74 Å². The number of nitrogens with zero attached hydrogens (tertiary/aromatic N) is 3. The molecule has 4 nitrogen and oxygen atoms in total. The van der Waals surface area contributed by atoms with E-state index in [1.54, 1.807) is 30.2 Å². The molecule has 7 heteroatoms. The number of methoxy groups -OCH3 is 1. The topological polar surface area (TPSA) is 47.9 Å². The van der Waals surface area contributed by atoms with Gasteiger partial charge in [0.25, 0.3) is 0 Å². The van der Waals surface area contributed by atoms with Gasteiger partial charge in [-0.25, -0.2) is 4.98 Å². The van der Waals surface area contributed by atoms with Crippen LogP contribution in [-0.2, 0) is 5.75 Å². The Morgan fingerprint density at radius 1 is 1.03 bits per heavy atom. The number of benzene rings is 2. The highest BCUT2D eigenvalue weighted by Gasteiger charge is 2.15. The summed E-state index contributed by atoms with van der Waals surface area (Å²) in [6.45, 7) is 1.99. The molecule has 0 N–H and O–H groups in total. The molecule has 0 aliphatic heterocycles. The SMILES string of the molecule is COc1ccccc1-c1nc(C)c(-c2ccc(SCc3cccc(Cl)c3)nn2)s1. The Labute approximate surface area is 183 Å². The molecule has 0 fully saturated rings. The van der Waals surface area contributed by atoms with E-state index < -0.39 is 0 Å². The summed E-state index contributed by atoms with van der Waals surface area (Å²) in [5.41, 5.74) is 3.90. The van der Waals surface area contributed by atoms with Gasteiger partial charge in [-0.05, 0) is 48.9 Å². The molecule has 0 saturated carbocycles. The Balaban J connectivity index is 1.53. The number of para-hydroxylation sites is 1. The second-order valence-corrected chi connectivity index (χ2v) is 8.74. The van der Waals surface area contributed by atoms with Gasteiger partial charge in [-0.1, -0.05) is 47.6 Å². The molecule has 4 rings (SSSR count). The van der Waals surface area contributed by atoms with E-state index in [2.05, 4.69) is 16.3 Å². The van der Waals surface area contributed by atoms with Crippen molar-refractivity contribution < 1.29 is 4.74 Å². The molecule has 2 aromatic carbocycles. The number of thiazole rings is 1. The second kappa shape index (κ2) is 8.95. The van der Waals surface area contributed by atoms with Crippen molar-refractivity contribution >= 4 is 34.7 Å². The van der Waals surface area contributed by atoms with Crippen molar-refractivity contribution in [1.29, 1.82) is 0 Å². The Morgan fingerprint density at radius 2 is 1.90 bits per heavy atom. The largest absolute Gasteiger partial charge is 0.496 e. The average molecular weight is 440 g/mol. The number of aromatic nitrogens is 3. The molecule has 0 atom stereocenters. The third kappa shape index (κ3) is 4.61. The zero-order chi connectivity index (χ0) is 20.2. The molecule has 2 heterocycles. The van der Waals surface area contributed by atoms with Crippen LogP contribution in [-0.4, -0.2) is 22.3 Å². The summed E-state index contributed by atoms with van der Waals surface area (Å²) in [5, 5.41) is 11.4. The molecule has 0 saturated heterocycles. The maximum absolute atomic E-state index is 6.05. The van der Waals surface area contributed by atoms with Gasteiger partial charge >= 0.3 is 0 Å². The minimum Gasteiger partial charge on any atom is -0.496 e. The van der Waals surface area contributed by atoms with E-state index in [9.17, 15) is 0 Å². The van der Waals surface area contributed by atoms with Gasteiger partial charge < -0.3 is 4.74 Å². The van der Waals surface area contributed by atoms with Crippen LogP contribution >= 0.6 is 34.7 Å². The molecule has 0 bridgehead atoms. The molecular weight excluding hydrogens is 422 g/mol. The van der Waals surface area contributed by atoms with Crippen molar-refractivity contribution in [2.24, 2.45) is 0 Å². The minimum atomic E-state index is 0.746. The molecule has 0 amide bonds. The van der Waals surface area contributed by atoms with Gasteiger partial charge in [0.2, 0.25) is 0 Å². The quantitative estimate of drug-likeness (QED) is 0.319. The number of halogens is 1. The first-order chi connectivity index (χ1) is 14.1. The first kappa shape index (κ1) is 19.9. The normalized spacial score (nSPS) is 10.9. The maximum atomic E-state index is 6.05. The third-order valence-corrected chi connectivity index (χ3v) is 6.72. The van der Waals surface area contributed by atoms with Gasteiger partial charge in [0.15, 0.2) is 0 Å². The highest BCUT2D eigenvalue weighted by Crippen LogP contribution is 2.38. The van der Waals surface area contributed by atoms with Crippen molar-refractivity contribution in [3.8, 4) is 26.9 Å². The lowest BCUT2D eigenvalue weighted by molar-refractivity contribution is 0.416. The smallest absolute Gasteiger partial charge is 0.129 e. The van der Waals surface area contributed by atoms with Crippen LogP contribution in [0.5, 0.6) is 5.75 Å². The fourth-order valence-corrected chi connectivity index (χ4v) is 4.90. The van der Waals surface area contributed by atoms with Crippen LogP contribution in [0.1, 0.15) is 11.3 Å². The lowest BCUT2D eigenvalue weighted by Crippen LogP contribution is -1.90. The zero-order valence-electron chi connectivity index (χ0n) is 15.9. The van der Waals surface area contributed by atoms with E-state index in [1.807, 2.05) is 61.5 Å². The number of thioether (sulfide) groups is 1. The van der Waals surface area contributed by atoms with Gasteiger partial charge in [0.05, 0.1) is 23.2 Å². The summed E-state index contributed by atoms with van der Waals surface area (Å²) in [6.07, 6.45) is 0. The molecule has 146 valence electrons. The minimum absolute atomic E-state index is 0.746. The molecule has 0 aliphatic carbocycles. The molecule has 0 aliphatic rings. The van der Waals surface area contributed by atoms with Gasteiger partial charge in [0.1, 0.15) is 21.5 Å². The Bertz CT molecular complexity index is 1130. The van der Waals surface area contributed by atoms with E-state index in [0.29, 0.717) is 0 Å². The number of rotatable bonds is 6. The van der Waals surface area contributed by atoms with Gasteiger partial charge in [-0.2, -0.15) is 0 Å². The first-order valence-electron chi connectivity index (χ1n) is 8.96. The number of hydrogen-bond acceptors (Lipinski definition) is 6. The summed E-state index contributed by atoms with van der Waals surface area (Å²) < 4.78 is 5.47. The van der Waals surface area contributed by atoms with E-state index >= 15 is 0 Å². The third-order valence-electron chi connectivity index (χ3n) is 4.28. The predicted octanol–water partition coefficient (Wildman–Crippen LogP) is 6.53. The number of aryl methyl sites for hydroxylation is 1. The lowest BCUT2D eigenvalue weighted by atomic mass is 10.2. The van der Waals surface area contributed by atoms with E-state index in [4.69, 9.17) is 21.3 Å². The highest BCUT2D eigenvalue weighted by atomic mass is 35.5. The van der Waals surface area contributed by atoms with Crippen molar-refractivity contribution in [3.63, 3.8) is 0 Å². The van der Waals surface area contributed by atoms with E-state index in [0.717, 1.165) is 54.0 Å². The predicted molar refractivity (Wildman–Crippen MR) is 121 cm³/mol. The van der Waals surface area contributed by atoms with Crippen molar-refractivity contribution in [2.45, 2.75) is 17.7 Å². The summed E-state index contributed by atoms with van der Waals surface area (Å²) in [7, 11) is 1.67. The van der Waals surface area contributed by atoms with Crippen LogP contribution in [0.3, 0.4) is 0 Å². The van der Waals surface area contributed by atoms with Gasteiger partial charge in [-0.3, -0.25) is 0 Å².